The van der Waals surface area contributed by atoms with Gasteiger partial charge in [-0.25, -0.2) is 0 Å². The largest absolute Gasteiger partial charge is 0.492 e. The van der Waals surface area contributed by atoms with Gasteiger partial charge in [0.2, 0.25) is 0 Å². The molecule has 1 saturated heterocycles. The molecule has 86 valence electrons. The van der Waals surface area contributed by atoms with Crippen molar-refractivity contribution in [3.63, 3.8) is 0 Å². The third-order valence-corrected chi connectivity index (χ3v) is 4.44. The van der Waals surface area contributed by atoms with E-state index in [0.29, 0.717) is 12.1 Å². The summed E-state index contributed by atoms with van der Waals surface area (Å²) in [4.78, 5) is 0. The monoisotopic (exact) mass is 235 g/mol. The number of hydrogen-bond donors (Lipinski definition) is 1. The highest BCUT2D eigenvalue weighted by atomic mass is 32.2. The molecule has 2 aliphatic rings. The number of hydrogen-bond acceptors (Lipinski definition) is 3. The average Bonchev–Trinajstić information content (AvgIpc) is 2.82. The molecule has 2 nitrogen and oxygen atoms in total. The van der Waals surface area contributed by atoms with Crippen molar-refractivity contribution in [2.45, 2.75) is 24.9 Å². The van der Waals surface area contributed by atoms with E-state index < -0.39 is 0 Å². The van der Waals surface area contributed by atoms with Gasteiger partial charge in [0.05, 0.1) is 0 Å². The van der Waals surface area contributed by atoms with Crippen molar-refractivity contribution in [1.82, 2.24) is 5.32 Å². The van der Waals surface area contributed by atoms with Gasteiger partial charge in [0.25, 0.3) is 0 Å². The van der Waals surface area contributed by atoms with Crippen molar-refractivity contribution in [1.29, 1.82) is 0 Å². The van der Waals surface area contributed by atoms with E-state index in [1.54, 1.807) is 0 Å². The predicted molar refractivity (Wildman–Crippen MR) is 68.3 cm³/mol. The first-order chi connectivity index (χ1) is 7.92. The zero-order valence-electron chi connectivity index (χ0n) is 9.32. The highest BCUT2D eigenvalue weighted by Crippen LogP contribution is 2.25. The van der Waals surface area contributed by atoms with Crippen LogP contribution in [-0.2, 0) is 6.42 Å². The van der Waals surface area contributed by atoms with Gasteiger partial charge in [-0.2, -0.15) is 11.8 Å². The van der Waals surface area contributed by atoms with E-state index in [9.17, 15) is 0 Å². The molecule has 1 aromatic carbocycles. The number of para-hydroxylation sites is 1. The minimum absolute atomic E-state index is 0.499. The second-order valence-corrected chi connectivity index (χ2v) is 5.70. The topological polar surface area (TPSA) is 21.3 Å². The number of benzene rings is 1. The molecule has 0 spiro atoms. The lowest BCUT2D eigenvalue weighted by Crippen LogP contribution is -2.45. The molecule has 1 N–H and O–H groups in total. The molecule has 3 heteroatoms. The molecular formula is C13H17NOS. The molecule has 0 aromatic heterocycles. The Kier molecular flexibility index (Phi) is 3.06. The maximum Gasteiger partial charge on any atom is 0.122 e. The molecule has 2 aliphatic heterocycles. The quantitative estimate of drug-likeness (QED) is 0.848. The van der Waals surface area contributed by atoms with E-state index in [2.05, 4.69) is 35.3 Å². The van der Waals surface area contributed by atoms with Crippen LogP contribution in [0.15, 0.2) is 24.3 Å². The Balaban J connectivity index is 1.63. The normalized spacial score (nSPS) is 28.5. The summed E-state index contributed by atoms with van der Waals surface area (Å²) < 4.78 is 5.78. The van der Waals surface area contributed by atoms with Gasteiger partial charge in [-0.05, 0) is 30.2 Å². The molecule has 0 bridgehead atoms. The summed E-state index contributed by atoms with van der Waals surface area (Å²) in [6.45, 7) is 0.818. The molecule has 2 atom stereocenters. The number of thioether (sulfide) groups is 1. The van der Waals surface area contributed by atoms with Gasteiger partial charge in [0.15, 0.2) is 0 Å². The second kappa shape index (κ2) is 4.68. The molecule has 0 aliphatic carbocycles. The van der Waals surface area contributed by atoms with E-state index in [1.165, 1.54) is 23.5 Å². The molecule has 2 unspecified atom stereocenters. The van der Waals surface area contributed by atoms with Crippen molar-refractivity contribution in [3.8, 4) is 5.75 Å². The average molecular weight is 235 g/mol. The Hall–Kier alpha value is -0.670. The Morgan fingerprint density at radius 1 is 1.25 bits per heavy atom. The summed E-state index contributed by atoms with van der Waals surface area (Å²) >= 11 is 2.05. The Bertz CT molecular complexity index is 363. The summed E-state index contributed by atoms with van der Waals surface area (Å²) in [5, 5.41) is 3.71. The lowest BCUT2D eigenvalue weighted by Gasteiger charge is -2.28. The SMILES string of the molecule is c1ccc2c(c1)CC(NC1CCSC1)CO2. The van der Waals surface area contributed by atoms with E-state index in [-0.39, 0.29) is 0 Å². The van der Waals surface area contributed by atoms with Gasteiger partial charge in [0.1, 0.15) is 12.4 Å². The summed E-state index contributed by atoms with van der Waals surface area (Å²) in [5.74, 6) is 3.64. The lowest BCUT2D eigenvalue weighted by molar-refractivity contribution is 0.230. The van der Waals surface area contributed by atoms with Crippen LogP contribution in [-0.4, -0.2) is 30.2 Å². The highest BCUT2D eigenvalue weighted by Gasteiger charge is 2.23. The summed E-state index contributed by atoms with van der Waals surface area (Å²) in [7, 11) is 0. The van der Waals surface area contributed by atoms with Crippen LogP contribution in [0.25, 0.3) is 0 Å². The fourth-order valence-corrected chi connectivity index (χ4v) is 3.60. The van der Waals surface area contributed by atoms with Crippen molar-refractivity contribution in [3.05, 3.63) is 29.8 Å². The first kappa shape index (κ1) is 10.5. The Labute approximate surface area is 101 Å². The molecule has 1 fully saturated rings. The summed E-state index contributed by atoms with van der Waals surface area (Å²) in [6.07, 6.45) is 2.42. The van der Waals surface area contributed by atoms with Crippen LogP contribution in [0.5, 0.6) is 5.75 Å². The first-order valence-electron chi connectivity index (χ1n) is 5.96. The fraction of sp³-hybridized carbons (Fsp3) is 0.538. The van der Waals surface area contributed by atoms with Crippen LogP contribution in [0, 0.1) is 0 Å². The maximum absolute atomic E-state index is 5.78. The molecular weight excluding hydrogens is 218 g/mol. The molecule has 0 amide bonds. The van der Waals surface area contributed by atoms with Gasteiger partial charge in [0, 0.05) is 17.8 Å². The summed E-state index contributed by atoms with van der Waals surface area (Å²) in [6, 6.07) is 9.57. The van der Waals surface area contributed by atoms with Gasteiger partial charge >= 0.3 is 0 Å². The van der Waals surface area contributed by atoms with Gasteiger partial charge < -0.3 is 10.1 Å². The van der Waals surface area contributed by atoms with Gasteiger partial charge in [-0.3, -0.25) is 0 Å². The third-order valence-electron chi connectivity index (χ3n) is 3.28. The minimum Gasteiger partial charge on any atom is -0.492 e. The molecule has 2 heterocycles. The molecule has 0 saturated carbocycles. The van der Waals surface area contributed by atoms with Crippen LogP contribution >= 0.6 is 11.8 Å². The number of rotatable bonds is 2. The van der Waals surface area contributed by atoms with Crippen LogP contribution in [0.2, 0.25) is 0 Å². The zero-order chi connectivity index (χ0) is 10.8. The number of nitrogens with one attached hydrogen (secondary N) is 1. The molecule has 0 radical (unpaired) electrons. The zero-order valence-corrected chi connectivity index (χ0v) is 10.1. The van der Waals surface area contributed by atoms with Crippen molar-refractivity contribution < 1.29 is 4.74 Å². The molecule has 3 rings (SSSR count). The van der Waals surface area contributed by atoms with Crippen molar-refractivity contribution in [2.24, 2.45) is 0 Å². The highest BCUT2D eigenvalue weighted by molar-refractivity contribution is 7.99. The first-order valence-corrected chi connectivity index (χ1v) is 7.12. The maximum atomic E-state index is 5.78. The van der Waals surface area contributed by atoms with Gasteiger partial charge in [-0.1, -0.05) is 18.2 Å². The van der Waals surface area contributed by atoms with E-state index in [4.69, 9.17) is 4.74 Å². The molecule has 1 aromatic rings. The van der Waals surface area contributed by atoms with Crippen LogP contribution < -0.4 is 10.1 Å². The smallest absolute Gasteiger partial charge is 0.122 e. The Morgan fingerprint density at radius 2 is 2.19 bits per heavy atom. The van der Waals surface area contributed by atoms with Crippen molar-refractivity contribution >= 4 is 11.8 Å². The predicted octanol–water partition coefficient (Wildman–Crippen LogP) is 2.09. The lowest BCUT2D eigenvalue weighted by atomic mass is 10.0. The second-order valence-electron chi connectivity index (χ2n) is 4.55. The number of fused-ring (bicyclic) bond motifs is 1. The minimum atomic E-state index is 0.499. The number of ether oxygens (including phenoxy) is 1. The third kappa shape index (κ3) is 2.20. The van der Waals surface area contributed by atoms with E-state index in [0.717, 1.165) is 18.8 Å². The van der Waals surface area contributed by atoms with E-state index in [1.807, 2.05) is 6.07 Å². The van der Waals surface area contributed by atoms with Crippen molar-refractivity contribution in [2.75, 3.05) is 18.1 Å². The fourth-order valence-electron chi connectivity index (χ4n) is 2.43. The molecule has 16 heavy (non-hydrogen) atoms. The van der Waals surface area contributed by atoms with E-state index >= 15 is 0 Å². The standard InChI is InChI=1S/C13H17NOS/c1-2-4-13-10(3-1)7-12(8-15-13)14-11-5-6-16-9-11/h1-4,11-12,14H,5-9H2. The Morgan fingerprint density at radius 3 is 3.06 bits per heavy atom. The van der Waals surface area contributed by atoms with Crippen LogP contribution in [0.1, 0.15) is 12.0 Å². The summed E-state index contributed by atoms with van der Waals surface area (Å²) in [5.41, 5.74) is 1.34. The van der Waals surface area contributed by atoms with Crippen LogP contribution in [0.4, 0.5) is 0 Å². The van der Waals surface area contributed by atoms with Gasteiger partial charge in [-0.15, -0.1) is 0 Å². The van der Waals surface area contributed by atoms with Crippen LogP contribution in [0.3, 0.4) is 0 Å².